The van der Waals surface area contributed by atoms with Crippen LogP contribution in [0.2, 0.25) is 0 Å². The van der Waals surface area contributed by atoms with E-state index in [1.54, 1.807) is 11.3 Å². The third-order valence-corrected chi connectivity index (χ3v) is 7.49. The first-order valence-electron chi connectivity index (χ1n) is 12.5. The average Bonchev–Trinajstić information content (AvgIpc) is 3.25. The molecule has 0 unspecified atom stereocenters. The zero-order chi connectivity index (χ0) is 26.6. The zero-order valence-corrected chi connectivity index (χ0v) is 26.7. The molecule has 0 aliphatic heterocycles. The number of aliphatic hydroxyl groups is 1. The van der Waals surface area contributed by atoms with E-state index in [1.165, 1.54) is 21.9 Å². The van der Waals surface area contributed by atoms with Crippen molar-refractivity contribution in [2.45, 2.75) is 87.5 Å². The second-order valence-electron chi connectivity index (χ2n) is 11.6. The summed E-state index contributed by atoms with van der Waals surface area (Å²) in [4.78, 5) is 16.3. The summed E-state index contributed by atoms with van der Waals surface area (Å²) in [6.45, 7) is 20.1. The van der Waals surface area contributed by atoms with Gasteiger partial charge < -0.3 is 5.11 Å². The van der Waals surface area contributed by atoms with E-state index in [9.17, 15) is 9.90 Å². The van der Waals surface area contributed by atoms with Crippen LogP contribution in [0, 0.1) is 23.8 Å². The van der Waals surface area contributed by atoms with E-state index in [0.717, 1.165) is 29.6 Å². The molecule has 2 aromatic heterocycles. The summed E-state index contributed by atoms with van der Waals surface area (Å²) < 4.78 is 1.24. The maximum Gasteiger partial charge on any atom is 0.164 e. The fraction of sp³-hybridized carbons (Fsp3) is 0.484. The van der Waals surface area contributed by atoms with Gasteiger partial charge in [-0.15, -0.1) is 46.2 Å². The Labute approximate surface area is 235 Å². The normalized spacial score (nSPS) is 12.6. The molecular formula is C31H42IrNO2S-. The molecule has 0 amide bonds. The van der Waals surface area contributed by atoms with Crippen molar-refractivity contribution in [3.05, 3.63) is 64.7 Å². The molecule has 3 aromatic rings. The van der Waals surface area contributed by atoms with Gasteiger partial charge in [0.05, 0.1) is 10.2 Å². The fourth-order valence-electron chi connectivity index (χ4n) is 3.42. The minimum absolute atomic E-state index is 0. The third-order valence-electron chi connectivity index (χ3n) is 6.62. The van der Waals surface area contributed by atoms with E-state index in [0.29, 0.717) is 0 Å². The van der Waals surface area contributed by atoms with E-state index in [4.69, 9.17) is 4.98 Å². The first-order chi connectivity index (χ1) is 16.1. The molecule has 0 aliphatic rings. The zero-order valence-electron chi connectivity index (χ0n) is 23.5. The van der Waals surface area contributed by atoms with Gasteiger partial charge in [0.1, 0.15) is 5.76 Å². The number of aliphatic hydroxyl groups excluding tert-OH is 1. The van der Waals surface area contributed by atoms with Crippen LogP contribution in [0.3, 0.4) is 0 Å². The van der Waals surface area contributed by atoms with E-state index in [2.05, 4.69) is 69.5 Å². The van der Waals surface area contributed by atoms with Crippen LogP contribution in [0.1, 0.15) is 86.3 Å². The first kappa shape index (κ1) is 32.2. The van der Waals surface area contributed by atoms with Crippen molar-refractivity contribution in [1.29, 1.82) is 0 Å². The molecule has 199 valence electrons. The van der Waals surface area contributed by atoms with Crippen molar-refractivity contribution in [3.8, 4) is 11.3 Å². The van der Waals surface area contributed by atoms with Crippen LogP contribution < -0.4 is 0 Å². The van der Waals surface area contributed by atoms with Crippen LogP contribution in [0.15, 0.2) is 47.5 Å². The maximum atomic E-state index is 11.5. The number of nitrogens with zero attached hydrogens (tertiary/aromatic N) is 1. The number of hydrogen-bond donors (Lipinski definition) is 1. The summed E-state index contributed by atoms with van der Waals surface area (Å²) in [6.07, 6.45) is 3.62. The van der Waals surface area contributed by atoms with Gasteiger partial charge in [0, 0.05) is 37.0 Å². The number of carbonyl (C=O) groups excluding carboxylic acids is 1. The predicted octanol–water partition coefficient (Wildman–Crippen LogP) is 9.24. The Morgan fingerprint density at radius 2 is 1.61 bits per heavy atom. The van der Waals surface area contributed by atoms with Gasteiger partial charge in [0.2, 0.25) is 0 Å². The number of hydrogen-bond acceptors (Lipinski definition) is 4. The molecule has 1 N–H and O–H groups in total. The van der Waals surface area contributed by atoms with Gasteiger partial charge in [-0.2, -0.15) is 0 Å². The maximum absolute atomic E-state index is 11.5. The monoisotopic (exact) mass is 685 g/mol. The largest absolute Gasteiger partial charge is 0.512 e. The number of fused-ring (bicyclic) bond motifs is 1. The van der Waals surface area contributed by atoms with Crippen LogP contribution in [-0.2, 0) is 30.3 Å². The van der Waals surface area contributed by atoms with Gasteiger partial charge in [-0.1, -0.05) is 75.3 Å². The van der Waals surface area contributed by atoms with E-state index >= 15 is 0 Å². The van der Waals surface area contributed by atoms with Crippen LogP contribution >= 0.6 is 11.3 Å². The Hall–Kier alpha value is -1.81. The molecule has 0 atom stereocenters. The van der Waals surface area contributed by atoms with Crippen molar-refractivity contribution in [3.63, 3.8) is 0 Å². The molecule has 0 spiro atoms. The second kappa shape index (κ2) is 12.6. The SMILES string of the molecule is CC(C)(C)C(=O)/C=C(\O)C(C)(C)C.CCC(C)(CC)c1cc(C)[c-]c(-c2ccc3sccc3n2)c1.[Ir]. The average molecular weight is 685 g/mol. The molecule has 5 heteroatoms. The van der Waals surface area contributed by atoms with Crippen molar-refractivity contribution < 1.29 is 30.0 Å². The standard InChI is InChI=1S/C20H22NS.C11H20O2.Ir/c1-5-20(4,6-2)16-12-14(3)11-15(13-16)17-7-8-19-18(21-17)9-10-22-19;1-10(2,3)8(12)7-9(13)11(4,5)6;/h7-10,12-13H,5-6H2,1-4H3;7,12H,1-6H3;/q-1;;/b;8-7-;. The second-order valence-corrected chi connectivity index (χ2v) is 12.6. The Morgan fingerprint density at radius 3 is 2.14 bits per heavy atom. The number of thiophene rings is 1. The molecule has 3 nitrogen and oxygen atoms in total. The first-order valence-corrected chi connectivity index (χ1v) is 13.3. The van der Waals surface area contributed by atoms with Gasteiger partial charge in [0.25, 0.3) is 0 Å². The Bertz CT molecular complexity index is 1190. The Morgan fingerprint density at radius 1 is 1.00 bits per heavy atom. The predicted molar refractivity (Wildman–Crippen MR) is 151 cm³/mol. The summed E-state index contributed by atoms with van der Waals surface area (Å²) in [5, 5.41) is 11.7. The van der Waals surface area contributed by atoms with Crippen molar-refractivity contribution in [2.75, 3.05) is 0 Å². The molecule has 3 rings (SSSR count). The minimum Gasteiger partial charge on any atom is -0.512 e. The molecule has 0 aliphatic carbocycles. The van der Waals surface area contributed by atoms with E-state index < -0.39 is 5.41 Å². The van der Waals surface area contributed by atoms with Crippen molar-refractivity contribution in [2.24, 2.45) is 10.8 Å². The number of ketones is 1. The van der Waals surface area contributed by atoms with Crippen LogP contribution in [0.5, 0.6) is 0 Å². The summed E-state index contributed by atoms with van der Waals surface area (Å²) in [5.74, 6) is 0.104. The summed E-state index contributed by atoms with van der Waals surface area (Å²) >= 11 is 1.74. The molecule has 1 radical (unpaired) electrons. The summed E-state index contributed by atoms with van der Waals surface area (Å²) in [5.41, 5.74) is 5.25. The van der Waals surface area contributed by atoms with Gasteiger partial charge in [-0.05, 0) is 41.5 Å². The number of aromatic nitrogens is 1. The van der Waals surface area contributed by atoms with Crippen molar-refractivity contribution >= 4 is 27.3 Å². The quantitative estimate of drug-likeness (QED) is 0.166. The van der Waals surface area contributed by atoms with Crippen molar-refractivity contribution in [1.82, 2.24) is 4.98 Å². The minimum atomic E-state index is -0.417. The third kappa shape index (κ3) is 8.36. The molecule has 36 heavy (non-hydrogen) atoms. The Kier molecular flexibility index (Phi) is 11.3. The fourth-order valence-corrected chi connectivity index (χ4v) is 4.14. The van der Waals surface area contributed by atoms with Crippen LogP contribution in [-0.4, -0.2) is 15.9 Å². The Balaban J connectivity index is 0.000000402. The van der Waals surface area contributed by atoms with Gasteiger partial charge in [-0.25, -0.2) is 0 Å². The number of carbonyl (C=O) groups is 1. The van der Waals surface area contributed by atoms with Crippen LogP contribution in [0.25, 0.3) is 21.5 Å². The number of aryl methyl sites for hydroxylation is 1. The summed E-state index contributed by atoms with van der Waals surface area (Å²) in [6, 6.07) is 14.4. The number of rotatable bonds is 5. The molecule has 2 heterocycles. The van der Waals surface area contributed by atoms with E-state index in [-0.39, 0.29) is 42.5 Å². The molecule has 0 saturated heterocycles. The number of allylic oxidation sites excluding steroid dienone is 2. The topological polar surface area (TPSA) is 50.2 Å². The number of benzene rings is 1. The van der Waals surface area contributed by atoms with Gasteiger partial charge >= 0.3 is 0 Å². The molecule has 0 fully saturated rings. The smallest absolute Gasteiger partial charge is 0.164 e. The van der Waals surface area contributed by atoms with Gasteiger partial charge in [-0.3, -0.25) is 9.78 Å². The van der Waals surface area contributed by atoms with Gasteiger partial charge in [0.15, 0.2) is 5.78 Å². The molecule has 0 bridgehead atoms. The number of pyridine rings is 1. The molecular weight excluding hydrogens is 643 g/mol. The molecule has 0 saturated carbocycles. The van der Waals surface area contributed by atoms with Crippen LogP contribution in [0.4, 0.5) is 0 Å². The molecule has 1 aromatic carbocycles. The summed E-state index contributed by atoms with van der Waals surface area (Å²) in [7, 11) is 0. The van der Waals surface area contributed by atoms with E-state index in [1.807, 2.05) is 41.5 Å².